The van der Waals surface area contributed by atoms with Crippen molar-refractivity contribution in [1.29, 1.82) is 0 Å². The zero-order valence-electron chi connectivity index (χ0n) is 12.0. The van der Waals surface area contributed by atoms with Crippen molar-refractivity contribution in [3.8, 4) is 0 Å². The number of hydrogen-bond donors (Lipinski definition) is 2. The second-order valence-corrected chi connectivity index (χ2v) is 6.78. The highest BCUT2D eigenvalue weighted by molar-refractivity contribution is 7.15. The van der Waals surface area contributed by atoms with Crippen molar-refractivity contribution >= 4 is 16.5 Å². The van der Waals surface area contributed by atoms with E-state index < -0.39 is 0 Å². The molecule has 0 bridgehead atoms. The molecule has 2 aromatic rings. The van der Waals surface area contributed by atoms with E-state index in [9.17, 15) is 5.11 Å². The molecule has 2 heterocycles. The normalized spacial score (nSPS) is 18.7. The lowest BCUT2D eigenvalue weighted by Gasteiger charge is -2.34. The minimum absolute atomic E-state index is 0.340. The maximum absolute atomic E-state index is 10.5. The summed E-state index contributed by atoms with van der Waals surface area (Å²) in [6.07, 6.45) is 3.59. The second kappa shape index (κ2) is 6.56. The molecule has 1 saturated heterocycles. The first-order valence-electron chi connectivity index (χ1n) is 7.38. The summed E-state index contributed by atoms with van der Waals surface area (Å²) >= 11 is 1.56. The molecule has 0 aliphatic carbocycles. The van der Waals surface area contributed by atoms with Gasteiger partial charge in [-0.05, 0) is 37.4 Å². The zero-order chi connectivity index (χ0) is 14.7. The third-order valence-electron chi connectivity index (χ3n) is 4.17. The molecule has 0 spiro atoms. The average Bonchev–Trinajstić information content (AvgIpc) is 2.93. The van der Waals surface area contributed by atoms with Crippen LogP contribution in [0.25, 0.3) is 0 Å². The van der Waals surface area contributed by atoms with Gasteiger partial charge < -0.3 is 10.8 Å². The van der Waals surface area contributed by atoms with E-state index in [0.717, 1.165) is 38.0 Å². The number of thiazole rings is 1. The van der Waals surface area contributed by atoms with Crippen LogP contribution in [0.1, 0.15) is 29.4 Å². The van der Waals surface area contributed by atoms with Crippen LogP contribution in [0.5, 0.6) is 0 Å². The van der Waals surface area contributed by atoms with E-state index >= 15 is 0 Å². The first-order chi connectivity index (χ1) is 10.2. The van der Waals surface area contributed by atoms with Gasteiger partial charge in [-0.25, -0.2) is 4.98 Å². The highest BCUT2D eigenvalue weighted by atomic mass is 32.1. The van der Waals surface area contributed by atoms with Crippen molar-refractivity contribution in [2.45, 2.75) is 25.5 Å². The monoisotopic (exact) mass is 303 g/mol. The van der Waals surface area contributed by atoms with Crippen LogP contribution in [0.15, 0.2) is 36.5 Å². The summed E-state index contributed by atoms with van der Waals surface area (Å²) in [4.78, 5) is 7.73. The van der Waals surface area contributed by atoms with E-state index in [-0.39, 0.29) is 6.10 Å². The molecule has 112 valence electrons. The van der Waals surface area contributed by atoms with Crippen LogP contribution in [0.4, 0.5) is 5.13 Å². The Morgan fingerprint density at radius 2 is 2.00 bits per heavy atom. The number of piperidine rings is 1. The van der Waals surface area contributed by atoms with Gasteiger partial charge >= 0.3 is 0 Å². The fourth-order valence-corrected chi connectivity index (χ4v) is 3.69. The number of hydrogen-bond acceptors (Lipinski definition) is 5. The molecule has 0 radical (unpaired) electrons. The van der Waals surface area contributed by atoms with Gasteiger partial charge in [-0.15, -0.1) is 11.3 Å². The van der Waals surface area contributed by atoms with Crippen LogP contribution in [0.3, 0.4) is 0 Å². The predicted octanol–water partition coefficient (Wildman–Crippen LogP) is 2.67. The number of nitrogens with two attached hydrogens (primary N) is 1. The number of nitrogen functional groups attached to an aromatic ring is 1. The van der Waals surface area contributed by atoms with Crippen molar-refractivity contribution in [3.05, 3.63) is 47.0 Å². The van der Waals surface area contributed by atoms with Crippen molar-refractivity contribution < 1.29 is 5.11 Å². The summed E-state index contributed by atoms with van der Waals surface area (Å²) in [6, 6.07) is 9.98. The molecular formula is C16H21N3OS. The zero-order valence-corrected chi connectivity index (χ0v) is 12.8. The van der Waals surface area contributed by atoms with Gasteiger partial charge in [-0.1, -0.05) is 30.3 Å². The molecule has 1 aromatic heterocycles. The molecular weight excluding hydrogens is 282 g/mol. The molecule has 3 N–H and O–H groups in total. The minimum Gasteiger partial charge on any atom is -0.388 e. The number of anilines is 1. The van der Waals surface area contributed by atoms with E-state index in [1.54, 1.807) is 11.3 Å². The van der Waals surface area contributed by atoms with Crippen LogP contribution in [0, 0.1) is 5.92 Å². The van der Waals surface area contributed by atoms with E-state index in [1.807, 2.05) is 36.5 Å². The summed E-state index contributed by atoms with van der Waals surface area (Å²) in [5.74, 6) is 0.357. The van der Waals surface area contributed by atoms with Gasteiger partial charge in [-0.2, -0.15) is 0 Å². The number of benzene rings is 1. The number of nitrogens with zero attached hydrogens (tertiary/aromatic N) is 2. The van der Waals surface area contributed by atoms with Gasteiger partial charge in [0.25, 0.3) is 0 Å². The third-order valence-corrected chi connectivity index (χ3v) is 4.98. The standard InChI is InChI=1S/C16H21N3OS/c17-16-18-10-14(21-16)11-19-8-6-13(7-9-19)15(20)12-4-2-1-3-5-12/h1-5,10,13,15,20H,6-9,11H2,(H2,17,18). The maximum atomic E-state index is 10.5. The topological polar surface area (TPSA) is 62.4 Å². The Hall–Kier alpha value is -1.43. The minimum atomic E-state index is -0.340. The van der Waals surface area contributed by atoms with Gasteiger partial charge in [-0.3, -0.25) is 4.90 Å². The molecule has 5 heteroatoms. The van der Waals surface area contributed by atoms with Gasteiger partial charge in [0.15, 0.2) is 5.13 Å². The van der Waals surface area contributed by atoms with Crippen LogP contribution >= 0.6 is 11.3 Å². The second-order valence-electron chi connectivity index (χ2n) is 5.63. The van der Waals surface area contributed by atoms with E-state index in [0.29, 0.717) is 11.0 Å². The molecule has 1 aromatic carbocycles. The van der Waals surface area contributed by atoms with Crippen molar-refractivity contribution in [1.82, 2.24) is 9.88 Å². The lowest BCUT2D eigenvalue weighted by atomic mass is 9.87. The van der Waals surface area contributed by atoms with E-state index in [4.69, 9.17) is 5.73 Å². The summed E-state index contributed by atoms with van der Waals surface area (Å²) in [5, 5.41) is 11.1. The van der Waals surface area contributed by atoms with Gasteiger partial charge in [0.05, 0.1) is 6.10 Å². The highest BCUT2D eigenvalue weighted by Gasteiger charge is 2.26. The molecule has 1 aliphatic heterocycles. The third kappa shape index (κ3) is 3.61. The Labute approximate surface area is 129 Å². The van der Waals surface area contributed by atoms with Crippen molar-refractivity contribution in [2.24, 2.45) is 5.92 Å². The summed E-state index contributed by atoms with van der Waals surface area (Å²) in [7, 11) is 0. The molecule has 3 rings (SSSR count). The van der Waals surface area contributed by atoms with Crippen LogP contribution in [0.2, 0.25) is 0 Å². The molecule has 1 unspecified atom stereocenters. The number of aromatic nitrogens is 1. The fraction of sp³-hybridized carbons (Fsp3) is 0.438. The average molecular weight is 303 g/mol. The first-order valence-corrected chi connectivity index (χ1v) is 8.19. The lowest BCUT2D eigenvalue weighted by Crippen LogP contribution is -2.35. The number of likely N-dealkylation sites (tertiary alicyclic amines) is 1. The Balaban J connectivity index is 1.53. The lowest BCUT2D eigenvalue weighted by molar-refractivity contribution is 0.0570. The Morgan fingerprint density at radius 3 is 2.62 bits per heavy atom. The summed E-state index contributed by atoms with van der Waals surface area (Å²) in [6.45, 7) is 2.96. The van der Waals surface area contributed by atoms with Crippen LogP contribution < -0.4 is 5.73 Å². The van der Waals surface area contributed by atoms with E-state index in [2.05, 4.69) is 9.88 Å². The largest absolute Gasteiger partial charge is 0.388 e. The van der Waals surface area contributed by atoms with Gasteiger partial charge in [0, 0.05) is 17.6 Å². The SMILES string of the molecule is Nc1ncc(CN2CCC(C(O)c3ccccc3)CC2)s1. The first kappa shape index (κ1) is 14.5. The summed E-state index contributed by atoms with van der Waals surface area (Å²) in [5.41, 5.74) is 6.70. The Kier molecular flexibility index (Phi) is 4.53. The predicted molar refractivity (Wildman–Crippen MR) is 85.9 cm³/mol. The molecule has 1 fully saturated rings. The fourth-order valence-electron chi connectivity index (χ4n) is 2.97. The Morgan fingerprint density at radius 1 is 1.29 bits per heavy atom. The van der Waals surface area contributed by atoms with Crippen LogP contribution in [-0.2, 0) is 6.54 Å². The molecule has 0 amide bonds. The number of rotatable bonds is 4. The number of aliphatic hydroxyl groups excluding tert-OH is 1. The highest BCUT2D eigenvalue weighted by Crippen LogP contribution is 2.31. The van der Waals surface area contributed by atoms with Gasteiger partial charge in [0.1, 0.15) is 0 Å². The molecule has 1 atom stereocenters. The van der Waals surface area contributed by atoms with Gasteiger partial charge in [0.2, 0.25) is 0 Å². The van der Waals surface area contributed by atoms with Crippen LogP contribution in [-0.4, -0.2) is 28.1 Å². The van der Waals surface area contributed by atoms with Crippen molar-refractivity contribution in [2.75, 3.05) is 18.8 Å². The molecule has 4 nitrogen and oxygen atoms in total. The number of aliphatic hydroxyl groups is 1. The molecule has 0 saturated carbocycles. The quantitative estimate of drug-likeness (QED) is 0.911. The molecule has 1 aliphatic rings. The van der Waals surface area contributed by atoms with E-state index in [1.165, 1.54) is 4.88 Å². The maximum Gasteiger partial charge on any atom is 0.180 e. The summed E-state index contributed by atoms with van der Waals surface area (Å²) < 4.78 is 0. The molecule has 21 heavy (non-hydrogen) atoms. The smallest absolute Gasteiger partial charge is 0.180 e. The Bertz CT molecular complexity index is 564. The van der Waals surface area contributed by atoms with Crippen molar-refractivity contribution in [3.63, 3.8) is 0 Å².